The van der Waals surface area contributed by atoms with Gasteiger partial charge in [0.2, 0.25) is 10.0 Å². The minimum absolute atomic E-state index is 0.0525. The van der Waals surface area contributed by atoms with Crippen molar-refractivity contribution in [2.75, 3.05) is 30.7 Å². The summed E-state index contributed by atoms with van der Waals surface area (Å²) in [5.41, 5.74) is 7.26. The summed E-state index contributed by atoms with van der Waals surface area (Å²) in [6.07, 6.45) is 0.476. The number of methoxy groups -OCH3 is 1. The lowest BCUT2D eigenvalue weighted by molar-refractivity contribution is 0.199. The van der Waals surface area contributed by atoms with Crippen molar-refractivity contribution in [3.63, 3.8) is 0 Å². The van der Waals surface area contributed by atoms with Crippen LogP contribution in [0.2, 0.25) is 0 Å². The van der Waals surface area contributed by atoms with Crippen LogP contribution >= 0.6 is 0 Å². The molecule has 114 valence electrons. The van der Waals surface area contributed by atoms with Gasteiger partial charge in [-0.25, -0.2) is 8.42 Å². The van der Waals surface area contributed by atoms with Gasteiger partial charge in [-0.3, -0.25) is 4.72 Å². The highest BCUT2D eigenvalue weighted by Crippen LogP contribution is 2.23. The number of nitrogens with one attached hydrogen (secondary N) is 1. The summed E-state index contributed by atoms with van der Waals surface area (Å²) >= 11 is 0. The molecule has 0 atom stereocenters. The Bertz CT molecular complexity index is 510. The summed E-state index contributed by atoms with van der Waals surface area (Å²) in [4.78, 5) is 0. The fraction of sp³-hybridized carbons (Fsp3) is 0.571. The van der Waals surface area contributed by atoms with Crippen molar-refractivity contribution in [2.45, 2.75) is 25.7 Å². The van der Waals surface area contributed by atoms with Gasteiger partial charge in [-0.2, -0.15) is 0 Å². The van der Waals surface area contributed by atoms with Crippen LogP contribution in [0.4, 0.5) is 5.69 Å². The normalized spacial score (nSPS) is 12.4. The molecule has 0 amide bonds. The van der Waals surface area contributed by atoms with E-state index in [9.17, 15) is 8.42 Å². The number of sulfonamides is 1. The fourth-order valence-electron chi connectivity index (χ4n) is 1.73. The van der Waals surface area contributed by atoms with Crippen LogP contribution in [-0.2, 0) is 20.2 Å². The van der Waals surface area contributed by atoms with Crippen molar-refractivity contribution in [3.8, 4) is 0 Å². The first-order valence-corrected chi connectivity index (χ1v) is 8.26. The average Bonchev–Trinajstić information content (AvgIpc) is 2.39. The lowest BCUT2D eigenvalue weighted by Crippen LogP contribution is -2.28. The van der Waals surface area contributed by atoms with Crippen LogP contribution in [0, 0.1) is 0 Å². The Labute approximate surface area is 121 Å². The van der Waals surface area contributed by atoms with Crippen LogP contribution < -0.4 is 10.5 Å². The summed E-state index contributed by atoms with van der Waals surface area (Å²) < 4.78 is 31.1. The van der Waals surface area contributed by atoms with Crippen LogP contribution in [0.15, 0.2) is 24.3 Å². The largest absolute Gasteiger partial charge is 0.385 e. The van der Waals surface area contributed by atoms with E-state index in [4.69, 9.17) is 10.5 Å². The van der Waals surface area contributed by atoms with Crippen LogP contribution in [-0.4, -0.2) is 34.4 Å². The molecule has 0 unspecified atom stereocenters. The molecule has 0 radical (unpaired) electrons. The van der Waals surface area contributed by atoms with Gasteiger partial charge in [0.25, 0.3) is 0 Å². The van der Waals surface area contributed by atoms with Crippen LogP contribution in [0.1, 0.15) is 25.8 Å². The Morgan fingerprint density at radius 2 is 1.85 bits per heavy atom. The molecule has 0 aliphatic rings. The second-order valence-corrected chi connectivity index (χ2v) is 7.27. The third kappa shape index (κ3) is 5.11. The second-order valence-electron chi connectivity index (χ2n) is 5.43. The molecule has 0 spiro atoms. The van der Waals surface area contributed by atoms with E-state index in [2.05, 4.69) is 18.6 Å². The van der Waals surface area contributed by atoms with E-state index in [0.717, 1.165) is 5.56 Å². The Morgan fingerprint density at radius 3 is 2.35 bits per heavy atom. The van der Waals surface area contributed by atoms with Crippen molar-refractivity contribution in [3.05, 3.63) is 29.8 Å². The molecule has 0 saturated carbocycles. The van der Waals surface area contributed by atoms with Crippen molar-refractivity contribution in [1.29, 1.82) is 0 Å². The summed E-state index contributed by atoms with van der Waals surface area (Å²) in [6.45, 7) is 5.08. The molecule has 3 N–H and O–H groups in total. The van der Waals surface area contributed by atoms with E-state index in [-0.39, 0.29) is 11.2 Å². The van der Waals surface area contributed by atoms with Gasteiger partial charge in [-0.1, -0.05) is 26.0 Å². The molecule has 1 aromatic rings. The summed E-state index contributed by atoms with van der Waals surface area (Å²) in [5, 5.41) is 0. The molecule has 0 heterocycles. The van der Waals surface area contributed by atoms with Crippen molar-refractivity contribution < 1.29 is 13.2 Å². The van der Waals surface area contributed by atoms with Gasteiger partial charge in [-0.15, -0.1) is 0 Å². The van der Waals surface area contributed by atoms with Crippen molar-refractivity contribution >= 4 is 15.7 Å². The molecule has 5 nitrogen and oxygen atoms in total. The topological polar surface area (TPSA) is 81.4 Å². The number of nitrogens with two attached hydrogens (primary N) is 1. The first kappa shape index (κ1) is 16.9. The smallest absolute Gasteiger partial charge is 0.232 e. The van der Waals surface area contributed by atoms with E-state index in [0.29, 0.717) is 25.3 Å². The Kier molecular flexibility index (Phi) is 5.98. The van der Waals surface area contributed by atoms with Gasteiger partial charge >= 0.3 is 0 Å². The van der Waals surface area contributed by atoms with E-state index >= 15 is 0 Å². The molecule has 1 rings (SSSR count). The van der Waals surface area contributed by atoms with Crippen molar-refractivity contribution in [1.82, 2.24) is 0 Å². The summed E-state index contributed by atoms with van der Waals surface area (Å²) in [7, 11) is -1.76. The second kappa shape index (κ2) is 7.06. The predicted molar refractivity (Wildman–Crippen MR) is 82.4 cm³/mol. The maximum Gasteiger partial charge on any atom is 0.232 e. The predicted octanol–water partition coefficient (Wildman–Crippen LogP) is 1.70. The minimum Gasteiger partial charge on any atom is -0.385 e. The molecule has 1 aromatic carbocycles. The molecule has 0 fully saturated rings. The highest BCUT2D eigenvalue weighted by Gasteiger charge is 2.18. The third-order valence-corrected chi connectivity index (χ3v) is 4.58. The van der Waals surface area contributed by atoms with Gasteiger partial charge in [0, 0.05) is 31.4 Å². The monoisotopic (exact) mass is 300 g/mol. The lowest BCUT2D eigenvalue weighted by Gasteiger charge is -2.23. The summed E-state index contributed by atoms with van der Waals surface area (Å²) in [6, 6.07) is 7.33. The molecule has 0 aromatic heterocycles. The van der Waals surface area contributed by atoms with Gasteiger partial charge in [0.15, 0.2) is 0 Å². The first-order chi connectivity index (χ1) is 9.30. The fourth-order valence-corrected chi connectivity index (χ4v) is 2.83. The Morgan fingerprint density at radius 1 is 1.25 bits per heavy atom. The SMILES string of the molecule is COCCCS(=O)(=O)Nc1ccc(C(C)(C)CN)cc1. The van der Waals surface area contributed by atoms with Gasteiger partial charge in [0.1, 0.15) is 0 Å². The van der Waals surface area contributed by atoms with Gasteiger partial charge in [-0.05, 0) is 24.1 Å². The molecular formula is C14H24N2O3S. The molecule has 0 saturated heterocycles. The zero-order valence-corrected chi connectivity index (χ0v) is 13.2. The van der Waals surface area contributed by atoms with Crippen molar-refractivity contribution in [2.24, 2.45) is 5.73 Å². The molecular weight excluding hydrogens is 276 g/mol. The van der Waals surface area contributed by atoms with E-state index in [1.54, 1.807) is 19.2 Å². The standard InChI is InChI=1S/C14H24N2O3S/c1-14(2,11-15)12-5-7-13(8-6-12)16-20(17,18)10-4-9-19-3/h5-8,16H,4,9-11,15H2,1-3H3. The number of ether oxygens (including phenoxy) is 1. The minimum atomic E-state index is -3.32. The third-order valence-electron chi connectivity index (χ3n) is 3.21. The zero-order chi connectivity index (χ0) is 15.2. The van der Waals surface area contributed by atoms with Crippen LogP contribution in [0.5, 0.6) is 0 Å². The number of anilines is 1. The number of benzene rings is 1. The van der Waals surface area contributed by atoms with E-state index < -0.39 is 10.0 Å². The number of rotatable bonds is 8. The maximum atomic E-state index is 11.8. The molecule has 0 aliphatic carbocycles. The highest BCUT2D eigenvalue weighted by molar-refractivity contribution is 7.92. The van der Waals surface area contributed by atoms with Gasteiger partial charge < -0.3 is 10.5 Å². The van der Waals surface area contributed by atoms with Crippen LogP contribution in [0.25, 0.3) is 0 Å². The quantitative estimate of drug-likeness (QED) is 0.716. The average molecular weight is 300 g/mol. The van der Waals surface area contributed by atoms with E-state index in [1.165, 1.54) is 0 Å². The Balaban J connectivity index is 2.70. The molecule has 20 heavy (non-hydrogen) atoms. The maximum absolute atomic E-state index is 11.8. The first-order valence-electron chi connectivity index (χ1n) is 6.61. The van der Waals surface area contributed by atoms with E-state index in [1.807, 2.05) is 12.1 Å². The number of hydrogen-bond donors (Lipinski definition) is 2. The van der Waals surface area contributed by atoms with Gasteiger partial charge in [0.05, 0.1) is 5.75 Å². The zero-order valence-electron chi connectivity index (χ0n) is 12.3. The highest BCUT2D eigenvalue weighted by atomic mass is 32.2. The Hall–Kier alpha value is -1.11. The molecule has 0 aliphatic heterocycles. The van der Waals surface area contributed by atoms with Crippen LogP contribution in [0.3, 0.4) is 0 Å². The summed E-state index contributed by atoms with van der Waals surface area (Å²) in [5.74, 6) is 0.0525. The molecule has 6 heteroatoms. The number of hydrogen-bond acceptors (Lipinski definition) is 4. The molecule has 0 bridgehead atoms. The lowest BCUT2D eigenvalue weighted by atomic mass is 9.85.